The maximum Gasteiger partial charge on any atom is 0.249 e. The van der Waals surface area contributed by atoms with E-state index in [0.717, 1.165) is 32.1 Å². The van der Waals surface area contributed by atoms with Crippen LogP contribution in [0.15, 0.2) is 0 Å². The highest BCUT2D eigenvalue weighted by atomic mass is 16.5. The Hall–Kier alpha value is -0.650. The summed E-state index contributed by atoms with van der Waals surface area (Å²) in [6, 6.07) is 0.0219. The van der Waals surface area contributed by atoms with E-state index in [1.165, 1.54) is 19.3 Å². The molecule has 2 aliphatic carbocycles. The van der Waals surface area contributed by atoms with E-state index in [1.807, 2.05) is 4.90 Å². The Morgan fingerprint density at radius 2 is 1.95 bits per heavy atom. The summed E-state index contributed by atoms with van der Waals surface area (Å²) in [5.74, 6) is 0.233. The van der Waals surface area contributed by atoms with Gasteiger partial charge in [-0.1, -0.05) is 25.7 Å². The van der Waals surface area contributed by atoms with Crippen molar-refractivity contribution in [2.75, 3.05) is 26.4 Å². The minimum absolute atomic E-state index is 0.0219. The van der Waals surface area contributed by atoms with E-state index in [4.69, 9.17) is 9.47 Å². The van der Waals surface area contributed by atoms with Crippen LogP contribution in [0.3, 0.4) is 0 Å². The molecule has 0 radical (unpaired) electrons. The summed E-state index contributed by atoms with van der Waals surface area (Å²) in [4.78, 5) is 14.5. The van der Waals surface area contributed by atoms with E-state index in [9.17, 15) is 9.90 Å². The van der Waals surface area contributed by atoms with E-state index in [0.29, 0.717) is 19.8 Å². The minimum Gasteiger partial charge on any atom is -0.393 e. The number of carbonyl (C=O) groups excluding carboxylic acids is 1. The summed E-state index contributed by atoms with van der Waals surface area (Å²) in [6.45, 7) is 1.95. The number of amides is 1. The van der Waals surface area contributed by atoms with E-state index in [2.05, 4.69) is 0 Å². The zero-order valence-electron chi connectivity index (χ0n) is 13.4. The second-order valence-electron chi connectivity index (χ2n) is 6.96. The van der Waals surface area contributed by atoms with Gasteiger partial charge in [-0.2, -0.15) is 0 Å². The number of carbonyl (C=O) groups is 1. The number of hydrogen-bond acceptors (Lipinski definition) is 4. The van der Waals surface area contributed by atoms with Gasteiger partial charge in [0.1, 0.15) is 6.61 Å². The normalized spacial score (nSPS) is 34.0. The maximum absolute atomic E-state index is 12.6. The molecule has 0 unspecified atom stereocenters. The third kappa shape index (κ3) is 3.81. The van der Waals surface area contributed by atoms with Gasteiger partial charge >= 0.3 is 0 Å². The van der Waals surface area contributed by atoms with E-state index >= 15 is 0 Å². The fourth-order valence-corrected chi connectivity index (χ4v) is 4.21. The fourth-order valence-electron chi connectivity index (χ4n) is 4.21. The summed E-state index contributed by atoms with van der Waals surface area (Å²) in [5, 5.41) is 10.1. The molecule has 5 heteroatoms. The molecule has 0 spiro atoms. The van der Waals surface area contributed by atoms with Crippen LogP contribution in [0.4, 0.5) is 0 Å². The first kappa shape index (κ1) is 16.2. The van der Waals surface area contributed by atoms with Crippen LogP contribution in [0.1, 0.15) is 51.4 Å². The number of aliphatic hydroxyl groups excluding tert-OH is 1. The van der Waals surface area contributed by atoms with E-state index in [-0.39, 0.29) is 36.7 Å². The molecule has 5 nitrogen and oxygen atoms in total. The van der Waals surface area contributed by atoms with Gasteiger partial charge in [0.25, 0.3) is 0 Å². The fraction of sp³-hybridized carbons (Fsp3) is 0.941. The van der Waals surface area contributed by atoms with Gasteiger partial charge in [0, 0.05) is 12.5 Å². The first-order valence-corrected chi connectivity index (χ1v) is 8.92. The molecule has 0 bridgehead atoms. The van der Waals surface area contributed by atoms with Gasteiger partial charge in [-0.3, -0.25) is 4.79 Å². The molecular formula is C17H29NO4. The van der Waals surface area contributed by atoms with Crippen molar-refractivity contribution in [2.45, 2.75) is 69.6 Å². The quantitative estimate of drug-likeness (QED) is 0.859. The lowest BCUT2D eigenvalue weighted by molar-refractivity contribution is -0.151. The molecule has 1 saturated heterocycles. The molecular weight excluding hydrogens is 282 g/mol. The van der Waals surface area contributed by atoms with Crippen LogP contribution in [0.5, 0.6) is 0 Å². The summed E-state index contributed by atoms with van der Waals surface area (Å²) in [5.41, 5.74) is 0. The molecule has 1 N–H and O–H groups in total. The molecule has 126 valence electrons. The average molecular weight is 311 g/mol. The predicted octanol–water partition coefficient (Wildman–Crippen LogP) is 1.72. The number of ether oxygens (including phenoxy) is 2. The highest BCUT2D eigenvalue weighted by molar-refractivity contribution is 5.78. The molecule has 1 heterocycles. The maximum atomic E-state index is 12.6. The van der Waals surface area contributed by atoms with Crippen LogP contribution >= 0.6 is 0 Å². The largest absolute Gasteiger partial charge is 0.393 e. The molecule has 3 rings (SSSR count). The predicted molar refractivity (Wildman–Crippen MR) is 82.5 cm³/mol. The third-order valence-electron chi connectivity index (χ3n) is 5.51. The first-order chi connectivity index (χ1) is 10.8. The van der Waals surface area contributed by atoms with Gasteiger partial charge in [0.15, 0.2) is 0 Å². The van der Waals surface area contributed by atoms with Crippen molar-refractivity contribution in [3.8, 4) is 0 Å². The minimum atomic E-state index is -0.290. The molecule has 3 fully saturated rings. The molecule has 0 aromatic carbocycles. The molecule has 0 aromatic heterocycles. The van der Waals surface area contributed by atoms with Crippen molar-refractivity contribution in [1.29, 1.82) is 0 Å². The number of nitrogens with zero attached hydrogens (tertiary/aromatic N) is 1. The molecule has 0 aromatic rings. The first-order valence-electron chi connectivity index (χ1n) is 8.92. The zero-order chi connectivity index (χ0) is 15.4. The van der Waals surface area contributed by atoms with Gasteiger partial charge in [0.2, 0.25) is 5.91 Å². The van der Waals surface area contributed by atoms with Gasteiger partial charge in [0.05, 0.1) is 31.5 Å². The van der Waals surface area contributed by atoms with Crippen LogP contribution in [0.25, 0.3) is 0 Å². The van der Waals surface area contributed by atoms with Crippen LogP contribution < -0.4 is 0 Å². The summed E-state index contributed by atoms with van der Waals surface area (Å²) in [7, 11) is 0. The molecule has 1 aliphatic heterocycles. The lowest BCUT2D eigenvalue weighted by Gasteiger charge is -2.40. The van der Waals surface area contributed by atoms with Crippen molar-refractivity contribution < 1.29 is 19.4 Å². The lowest BCUT2D eigenvalue weighted by Crippen LogP contribution is -2.54. The topological polar surface area (TPSA) is 59.0 Å². The Morgan fingerprint density at radius 1 is 1.14 bits per heavy atom. The number of aliphatic hydroxyl groups is 1. The highest BCUT2D eigenvalue weighted by Gasteiger charge is 2.39. The number of hydrogen-bond donors (Lipinski definition) is 1. The van der Waals surface area contributed by atoms with Gasteiger partial charge in [-0.15, -0.1) is 0 Å². The van der Waals surface area contributed by atoms with E-state index in [1.54, 1.807) is 0 Å². The van der Waals surface area contributed by atoms with Crippen molar-refractivity contribution in [2.24, 2.45) is 5.92 Å². The summed E-state index contributed by atoms with van der Waals surface area (Å²) in [6.07, 6.45) is 8.74. The second kappa shape index (κ2) is 7.75. The van der Waals surface area contributed by atoms with Gasteiger partial charge in [-0.25, -0.2) is 0 Å². The van der Waals surface area contributed by atoms with Crippen molar-refractivity contribution in [3.63, 3.8) is 0 Å². The van der Waals surface area contributed by atoms with Crippen molar-refractivity contribution in [1.82, 2.24) is 4.90 Å². The molecule has 3 atom stereocenters. The molecule has 2 saturated carbocycles. The standard InChI is InChI=1S/C17H29NO4/c19-16-8-4-7-14(16)15-11-21-10-9-18(15)17(20)12-22-13-5-2-1-3-6-13/h13-16,19H,1-12H2/t14-,15+,16-/m0/s1. The van der Waals surface area contributed by atoms with Crippen LogP contribution in [0.2, 0.25) is 0 Å². The van der Waals surface area contributed by atoms with Crippen molar-refractivity contribution in [3.05, 3.63) is 0 Å². The Labute approximate surface area is 133 Å². The smallest absolute Gasteiger partial charge is 0.249 e. The average Bonchev–Trinajstić information content (AvgIpc) is 2.99. The Balaban J connectivity index is 1.54. The van der Waals surface area contributed by atoms with Crippen molar-refractivity contribution >= 4 is 5.91 Å². The Morgan fingerprint density at radius 3 is 2.68 bits per heavy atom. The Bertz CT molecular complexity index is 370. The van der Waals surface area contributed by atoms with E-state index < -0.39 is 0 Å². The van der Waals surface area contributed by atoms with Crippen LogP contribution in [0, 0.1) is 5.92 Å². The highest BCUT2D eigenvalue weighted by Crippen LogP contribution is 2.32. The summed E-state index contributed by atoms with van der Waals surface area (Å²) < 4.78 is 11.4. The monoisotopic (exact) mass is 311 g/mol. The molecule has 22 heavy (non-hydrogen) atoms. The molecule has 3 aliphatic rings. The van der Waals surface area contributed by atoms with Crippen LogP contribution in [-0.4, -0.2) is 60.5 Å². The second-order valence-corrected chi connectivity index (χ2v) is 6.96. The number of rotatable bonds is 4. The Kier molecular flexibility index (Phi) is 5.71. The van der Waals surface area contributed by atoms with Crippen LogP contribution in [-0.2, 0) is 14.3 Å². The lowest BCUT2D eigenvalue weighted by atomic mass is 9.94. The summed E-state index contributed by atoms with van der Waals surface area (Å²) >= 11 is 0. The SMILES string of the molecule is O=C(COC1CCCCC1)N1CCOC[C@@H]1[C@@H]1CCC[C@@H]1O. The molecule has 1 amide bonds. The zero-order valence-corrected chi connectivity index (χ0v) is 13.4. The van der Waals surface area contributed by atoms with Gasteiger partial charge < -0.3 is 19.5 Å². The number of morpholine rings is 1. The van der Waals surface area contributed by atoms with Gasteiger partial charge in [-0.05, 0) is 25.7 Å². The third-order valence-corrected chi connectivity index (χ3v) is 5.51.